The summed E-state index contributed by atoms with van der Waals surface area (Å²) in [5, 5.41) is 3.59. The fraction of sp³-hybridized carbons (Fsp3) is 1.00. The highest BCUT2D eigenvalue weighted by atomic mass is 15.2. The number of likely N-dealkylation sites (tertiary alicyclic amines) is 1. The number of nitrogens with zero attached hydrogens (tertiary/aromatic N) is 2. The minimum Gasteiger partial charge on any atom is -0.316 e. The minimum atomic E-state index is 0.887. The Hall–Kier alpha value is -0.120. The molecule has 1 aliphatic carbocycles. The van der Waals surface area contributed by atoms with Gasteiger partial charge in [-0.1, -0.05) is 6.92 Å². The van der Waals surface area contributed by atoms with Crippen molar-refractivity contribution in [1.82, 2.24) is 15.1 Å². The van der Waals surface area contributed by atoms with Gasteiger partial charge in [0, 0.05) is 18.6 Å². The van der Waals surface area contributed by atoms with Gasteiger partial charge in [0.1, 0.15) is 0 Å². The molecule has 0 aromatic carbocycles. The fourth-order valence-electron chi connectivity index (χ4n) is 4.17. The van der Waals surface area contributed by atoms with Crippen molar-refractivity contribution in [2.75, 3.05) is 39.3 Å². The summed E-state index contributed by atoms with van der Waals surface area (Å²) in [6, 6.07) is 1.83. The van der Waals surface area contributed by atoms with Gasteiger partial charge in [-0.05, 0) is 83.6 Å². The first-order valence-corrected chi connectivity index (χ1v) is 9.05. The van der Waals surface area contributed by atoms with E-state index >= 15 is 0 Å². The molecular weight excluding hydrogens is 246 g/mol. The maximum Gasteiger partial charge on any atom is 0.0123 e. The summed E-state index contributed by atoms with van der Waals surface area (Å²) >= 11 is 0. The van der Waals surface area contributed by atoms with Crippen LogP contribution in [0.2, 0.25) is 0 Å². The van der Waals surface area contributed by atoms with Gasteiger partial charge in [0.25, 0.3) is 0 Å². The van der Waals surface area contributed by atoms with Crippen LogP contribution in [0.1, 0.15) is 51.9 Å². The van der Waals surface area contributed by atoms with Crippen LogP contribution < -0.4 is 5.32 Å². The molecule has 116 valence electrons. The zero-order valence-electron chi connectivity index (χ0n) is 13.3. The van der Waals surface area contributed by atoms with Crippen molar-refractivity contribution in [3.05, 3.63) is 0 Å². The molecule has 1 saturated carbocycles. The van der Waals surface area contributed by atoms with Gasteiger partial charge in [0.15, 0.2) is 0 Å². The van der Waals surface area contributed by atoms with Crippen LogP contribution in [0.25, 0.3) is 0 Å². The zero-order valence-corrected chi connectivity index (χ0v) is 13.3. The summed E-state index contributed by atoms with van der Waals surface area (Å²) in [7, 11) is 0. The van der Waals surface area contributed by atoms with E-state index in [-0.39, 0.29) is 0 Å². The lowest BCUT2D eigenvalue weighted by molar-refractivity contribution is 0.0836. The second kappa shape index (κ2) is 7.24. The van der Waals surface area contributed by atoms with Gasteiger partial charge in [-0.3, -0.25) is 4.90 Å². The first-order chi connectivity index (χ1) is 9.86. The van der Waals surface area contributed by atoms with Crippen LogP contribution in [-0.4, -0.2) is 61.2 Å². The molecule has 0 aromatic rings. The topological polar surface area (TPSA) is 18.5 Å². The Balaban J connectivity index is 1.49. The average Bonchev–Trinajstić information content (AvgIpc) is 3.32. The van der Waals surface area contributed by atoms with Crippen molar-refractivity contribution in [2.45, 2.75) is 64.0 Å². The SMILES string of the molecule is CCCN1CCC(N(CC2CCCNC2)C2CC2)CC1. The van der Waals surface area contributed by atoms with Crippen molar-refractivity contribution in [3.63, 3.8) is 0 Å². The standard InChI is InChI=1S/C17H33N3/c1-2-10-19-11-7-17(8-12-19)20(16-5-6-16)14-15-4-3-9-18-13-15/h15-18H,2-14H2,1H3. The summed E-state index contributed by atoms with van der Waals surface area (Å²) in [4.78, 5) is 5.59. The normalized spacial score (nSPS) is 30.0. The minimum absolute atomic E-state index is 0.887. The zero-order chi connectivity index (χ0) is 13.8. The first-order valence-electron chi connectivity index (χ1n) is 9.05. The van der Waals surface area contributed by atoms with E-state index in [1.165, 1.54) is 84.2 Å². The number of hydrogen-bond donors (Lipinski definition) is 1. The van der Waals surface area contributed by atoms with Crippen LogP contribution in [0.4, 0.5) is 0 Å². The van der Waals surface area contributed by atoms with Crippen LogP contribution in [-0.2, 0) is 0 Å². The lowest BCUT2D eigenvalue weighted by atomic mass is 9.96. The maximum atomic E-state index is 3.59. The van der Waals surface area contributed by atoms with Crippen molar-refractivity contribution in [3.8, 4) is 0 Å². The Morgan fingerprint density at radius 2 is 1.80 bits per heavy atom. The Bertz CT molecular complexity index is 276. The molecule has 1 N–H and O–H groups in total. The van der Waals surface area contributed by atoms with Crippen LogP contribution in [0.15, 0.2) is 0 Å². The molecule has 2 saturated heterocycles. The van der Waals surface area contributed by atoms with E-state index in [2.05, 4.69) is 22.0 Å². The number of nitrogens with one attached hydrogen (secondary N) is 1. The number of rotatable bonds is 6. The van der Waals surface area contributed by atoms with Gasteiger partial charge in [-0.15, -0.1) is 0 Å². The van der Waals surface area contributed by atoms with Gasteiger partial charge < -0.3 is 10.2 Å². The third-order valence-corrected chi connectivity index (χ3v) is 5.45. The summed E-state index contributed by atoms with van der Waals surface area (Å²) in [5.41, 5.74) is 0. The molecule has 3 rings (SSSR count). The predicted molar refractivity (Wildman–Crippen MR) is 85.1 cm³/mol. The second-order valence-corrected chi connectivity index (χ2v) is 7.21. The van der Waals surface area contributed by atoms with E-state index in [1.54, 1.807) is 0 Å². The fourth-order valence-corrected chi connectivity index (χ4v) is 4.17. The molecule has 3 nitrogen and oxygen atoms in total. The van der Waals surface area contributed by atoms with Gasteiger partial charge in [-0.25, -0.2) is 0 Å². The molecule has 3 aliphatic rings. The van der Waals surface area contributed by atoms with E-state index in [0.29, 0.717) is 0 Å². The first kappa shape index (κ1) is 14.8. The third kappa shape index (κ3) is 3.96. The Morgan fingerprint density at radius 1 is 1.05 bits per heavy atom. The summed E-state index contributed by atoms with van der Waals surface area (Å²) in [6.07, 6.45) is 9.91. The molecule has 1 atom stereocenters. The molecule has 3 fully saturated rings. The van der Waals surface area contributed by atoms with Gasteiger partial charge in [0.2, 0.25) is 0 Å². The molecule has 0 aromatic heterocycles. The Morgan fingerprint density at radius 3 is 2.40 bits per heavy atom. The molecule has 2 aliphatic heterocycles. The monoisotopic (exact) mass is 279 g/mol. The molecule has 2 heterocycles. The van der Waals surface area contributed by atoms with E-state index in [0.717, 1.165) is 18.0 Å². The highest BCUT2D eigenvalue weighted by molar-refractivity contribution is 4.92. The second-order valence-electron chi connectivity index (χ2n) is 7.21. The Kier molecular flexibility index (Phi) is 5.36. The van der Waals surface area contributed by atoms with Crippen molar-refractivity contribution in [1.29, 1.82) is 0 Å². The van der Waals surface area contributed by atoms with Gasteiger partial charge >= 0.3 is 0 Å². The lowest BCUT2D eigenvalue weighted by Crippen LogP contribution is -2.49. The van der Waals surface area contributed by atoms with Crippen LogP contribution >= 0.6 is 0 Å². The molecule has 20 heavy (non-hydrogen) atoms. The van der Waals surface area contributed by atoms with E-state index < -0.39 is 0 Å². The van der Waals surface area contributed by atoms with Gasteiger partial charge in [0.05, 0.1) is 0 Å². The molecule has 0 amide bonds. The summed E-state index contributed by atoms with van der Waals surface area (Å²) in [5.74, 6) is 0.915. The highest BCUT2D eigenvalue weighted by Crippen LogP contribution is 2.33. The third-order valence-electron chi connectivity index (χ3n) is 5.45. The molecule has 0 bridgehead atoms. The largest absolute Gasteiger partial charge is 0.316 e. The van der Waals surface area contributed by atoms with Crippen LogP contribution in [0.3, 0.4) is 0 Å². The van der Waals surface area contributed by atoms with E-state index in [9.17, 15) is 0 Å². The van der Waals surface area contributed by atoms with Crippen LogP contribution in [0, 0.1) is 5.92 Å². The van der Waals surface area contributed by atoms with Crippen molar-refractivity contribution in [2.24, 2.45) is 5.92 Å². The van der Waals surface area contributed by atoms with Crippen molar-refractivity contribution >= 4 is 0 Å². The Labute approximate surface area is 125 Å². The lowest BCUT2D eigenvalue weighted by Gasteiger charge is -2.40. The van der Waals surface area contributed by atoms with Crippen LogP contribution in [0.5, 0.6) is 0 Å². The molecule has 0 radical (unpaired) electrons. The number of piperidine rings is 2. The van der Waals surface area contributed by atoms with Gasteiger partial charge in [-0.2, -0.15) is 0 Å². The van der Waals surface area contributed by atoms with E-state index in [1.807, 2.05) is 0 Å². The quantitative estimate of drug-likeness (QED) is 0.805. The molecule has 0 spiro atoms. The maximum absolute atomic E-state index is 3.59. The summed E-state index contributed by atoms with van der Waals surface area (Å²) in [6.45, 7) is 10.2. The molecule has 1 unspecified atom stereocenters. The number of hydrogen-bond acceptors (Lipinski definition) is 3. The highest BCUT2D eigenvalue weighted by Gasteiger charge is 2.36. The average molecular weight is 279 g/mol. The van der Waals surface area contributed by atoms with Crippen molar-refractivity contribution < 1.29 is 0 Å². The smallest absolute Gasteiger partial charge is 0.0123 e. The predicted octanol–water partition coefficient (Wildman–Crippen LogP) is 2.32. The molecule has 3 heteroatoms. The summed E-state index contributed by atoms with van der Waals surface area (Å²) < 4.78 is 0. The molecular formula is C17H33N3. The van der Waals surface area contributed by atoms with E-state index in [4.69, 9.17) is 0 Å².